The molecule has 2 rings (SSSR count). The number of hydrogen-bond acceptors (Lipinski definition) is 3. The lowest BCUT2D eigenvalue weighted by Crippen LogP contribution is -2.11. The van der Waals surface area contributed by atoms with E-state index in [1.807, 2.05) is 48.5 Å². The normalized spacial score (nSPS) is 10.5. The Kier molecular flexibility index (Phi) is 6.41. The van der Waals surface area contributed by atoms with Gasteiger partial charge in [-0.2, -0.15) is 0 Å². The van der Waals surface area contributed by atoms with Gasteiger partial charge in [0, 0.05) is 18.3 Å². The van der Waals surface area contributed by atoms with E-state index in [0.29, 0.717) is 29.8 Å². The van der Waals surface area contributed by atoms with Crippen molar-refractivity contribution in [2.75, 3.05) is 25.1 Å². The van der Waals surface area contributed by atoms with Gasteiger partial charge in [0.25, 0.3) is 0 Å². The van der Waals surface area contributed by atoms with Crippen molar-refractivity contribution >= 4 is 17.3 Å². The smallest absolute Gasteiger partial charge is 0.137 e. The van der Waals surface area contributed by atoms with Gasteiger partial charge in [-0.05, 0) is 30.2 Å². The summed E-state index contributed by atoms with van der Waals surface area (Å²) in [5.74, 6) is 2.10. The lowest BCUT2D eigenvalue weighted by molar-refractivity contribution is 0.271. The third kappa shape index (κ3) is 5.49. The SMILES string of the molecule is CC(C)COc1cccc(NCCOc2ccccc2Cl)c1. The average molecular weight is 320 g/mol. The summed E-state index contributed by atoms with van der Waals surface area (Å²) in [6.45, 7) is 6.22. The molecule has 2 aromatic rings. The molecule has 0 aromatic heterocycles. The van der Waals surface area contributed by atoms with Crippen molar-refractivity contribution in [3.63, 3.8) is 0 Å². The van der Waals surface area contributed by atoms with Gasteiger partial charge >= 0.3 is 0 Å². The Balaban J connectivity index is 1.77. The predicted octanol–water partition coefficient (Wildman–Crippen LogP) is 4.87. The molecule has 22 heavy (non-hydrogen) atoms. The van der Waals surface area contributed by atoms with Crippen molar-refractivity contribution in [3.8, 4) is 11.5 Å². The van der Waals surface area contributed by atoms with Gasteiger partial charge in [-0.3, -0.25) is 0 Å². The highest BCUT2D eigenvalue weighted by Crippen LogP contribution is 2.23. The first-order chi connectivity index (χ1) is 10.6. The first kappa shape index (κ1) is 16.5. The molecule has 118 valence electrons. The minimum absolute atomic E-state index is 0.514. The second kappa shape index (κ2) is 8.54. The summed E-state index contributed by atoms with van der Waals surface area (Å²) in [6.07, 6.45) is 0. The molecule has 4 heteroatoms. The number of rotatable bonds is 8. The molecule has 0 aliphatic rings. The summed E-state index contributed by atoms with van der Waals surface area (Å²) in [7, 11) is 0. The van der Waals surface area contributed by atoms with Crippen LogP contribution in [0.4, 0.5) is 5.69 Å². The highest BCUT2D eigenvalue weighted by molar-refractivity contribution is 6.32. The Labute approximate surface area is 137 Å². The van der Waals surface area contributed by atoms with E-state index in [-0.39, 0.29) is 0 Å². The van der Waals surface area contributed by atoms with Crippen molar-refractivity contribution in [2.24, 2.45) is 5.92 Å². The molecule has 0 radical (unpaired) electrons. The first-order valence-electron chi connectivity index (χ1n) is 7.49. The zero-order valence-corrected chi connectivity index (χ0v) is 13.8. The Hall–Kier alpha value is -1.87. The monoisotopic (exact) mass is 319 g/mol. The summed E-state index contributed by atoms with van der Waals surface area (Å²) in [4.78, 5) is 0. The highest BCUT2D eigenvalue weighted by atomic mass is 35.5. The van der Waals surface area contributed by atoms with E-state index in [0.717, 1.165) is 18.0 Å². The first-order valence-corrected chi connectivity index (χ1v) is 7.87. The lowest BCUT2D eigenvalue weighted by Gasteiger charge is -2.12. The second-order valence-electron chi connectivity index (χ2n) is 5.44. The number of benzene rings is 2. The molecule has 0 amide bonds. The molecule has 0 atom stereocenters. The molecule has 1 N–H and O–H groups in total. The predicted molar refractivity (Wildman–Crippen MR) is 92.2 cm³/mol. The lowest BCUT2D eigenvalue weighted by atomic mass is 10.2. The third-order valence-electron chi connectivity index (χ3n) is 2.94. The van der Waals surface area contributed by atoms with Gasteiger partial charge in [-0.15, -0.1) is 0 Å². The van der Waals surface area contributed by atoms with Crippen LogP contribution in [0.1, 0.15) is 13.8 Å². The zero-order chi connectivity index (χ0) is 15.8. The summed E-state index contributed by atoms with van der Waals surface area (Å²) >= 11 is 6.04. The van der Waals surface area contributed by atoms with Crippen LogP contribution in [0.5, 0.6) is 11.5 Å². The minimum atomic E-state index is 0.514. The molecule has 0 heterocycles. The van der Waals surface area contributed by atoms with Gasteiger partial charge in [-0.1, -0.05) is 43.6 Å². The molecule has 0 aliphatic carbocycles. The fourth-order valence-corrected chi connectivity index (χ4v) is 2.07. The minimum Gasteiger partial charge on any atom is -0.493 e. The Morgan fingerprint density at radius 2 is 1.86 bits per heavy atom. The summed E-state index contributed by atoms with van der Waals surface area (Å²) in [5.41, 5.74) is 1.02. The third-order valence-corrected chi connectivity index (χ3v) is 3.26. The molecule has 3 nitrogen and oxygen atoms in total. The van der Waals surface area contributed by atoms with E-state index < -0.39 is 0 Å². The van der Waals surface area contributed by atoms with E-state index in [1.165, 1.54) is 0 Å². The van der Waals surface area contributed by atoms with Gasteiger partial charge in [0.05, 0.1) is 11.6 Å². The van der Waals surface area contributed by atoms with Crippen LogP contribution >= 0.6 is 11.6 Å². The Morgan fingerprint density at radius 1 is 1.05 bits per heavy atom. The van der Waals surface area contributed by atoms with Crippen LogP contribution in [0.3, 0.4) is 0 Å². The van der Waals surface area contributed by atoms with Crippen molar-refractivity contribution in [1.29, 1.82) is 0 Å². The van der Waals surface area contributed by atoms with Gasteiger partial charge in [-0.25, -0.2) is 0 Å². The van der Waals surface area contributed by atoms with Crippen LogP contribution in [0.2, 0.25) is 5.02 Å². The average Bonchev–Trinajstić information content (AvgIpc) is 2.51. The Bertz CT molecular complexity index is 587. The van der Waals surface area contributed by atoms with Crippen LogP contribution in [-0.2, 0) is 0 Å². The standard InChI is InChI=1S/C18H22ClNO2/c1-14(2)13-22-16-7-5-6-15(12-16)20-10-11-21-18-9-4-3-8-17(18)19/h3-9,12,14,20H,10-11,13H2,1-2H3. The fourth-order valence-electron chi connectivity index (χ4n) is 1.88. The number of ether oxygens (including phenoxy) is 2. The number of anilines is 1. The van der Waals surface area contributed by atoms with Crippen LogP contribution in [-0.4, -0.2) is 19.8 Å². The van der Waals surface area contributed by atoms with Crippen molar-refractivity contribution in [2.45, 2.75) is 13.8 Å². The molecule has 2 aromatic carbocycles. The van der Waals surface area contributed by atoms with E-state index in [2.05, 4.69) is 19.2 Å². The van der Waals surface area contributed by atoms with Crippen LogP contribution < -0.4 is 14.8 Å². The molecular formula is C18H22ClNO2. The van der Waals surface area contributed by atoms with Gasteiger partial charge in [0.15, 0.2) is 0 Å². The van der Waals surface area contributed by atoms with Crippen LogP contribution in [0.15, 0.2) is 48.5 Å². The summed E-state index contributed by atoms with van der Waals surface area (Å²) in [6, 6.07) is 15.4. The molecule has 0 fully saturated rings. The molecule has 0 bridgehead atoms. The van der Waals surface area contributed by atoms with Gasteiger partial charge in [0.1, 0.15) is 18.1 Å². The van der Waals surface area contributed by atoms with E-state index in [1.54, 1.807) is 0 Å². The van der Waals surface area contributed by atoms with E-state index in [4.69, 9.17) is 21.1 Å². The molecule has 0 spiro atoms. The maximum absolute atomic E-state index is 6.04. The molecule has 0 saturated heterocycles. The maximum atomic E-state index is 6.04. The molecule has 0 aliphatic heterocycles. The van der Waals surface area contributed by atoms with Crippen molar-refractivity contribution in [1.82, 2.24) is 0 Å². The number of hydrogen-bond donors (Lipinski definition) is 1. The van der Waals surface area contributed by atoms with Gasteiger partial charge in [0.2, 0.25) is 0 Å². The zero-order valence-electron chi connectivity index (χ0n) is 13.0. The van der Waals surface area contributed by atoms with E-state index in [9.17, 15) is 0 Å². The number of halogens is 1. The summed E-state index contributed by atoms with van der Waals surface area (Å²) in [5, 5.41) is 3.95. The van der Waals surface area contributed by atoms with Crippen LogP contribution in [0.25, 0.3) is 0 Å². The largest absolute Gasteiger partial charge is 0.493 e. The highest BCUT2D eigenvalue weighted by Gasteiger charge is 2.01. The second-order valence-corrected chi connectivity index (χ2v) is 5.85. The maximum Gasteiger partial charge on any atom is 0.137 e. The van der Waals surface area contributed by atoms with E-state index >= 15 is 0 Å². The number of para-hydroxylation sites is 1. The molecule has 0 unspecified atom stereocenters. The van der Waals surface area contributed by atoms with Gasteiger partial charge < -0.3 is 14.8 Å². The van der Waals surface area contributed by atoms with Crippen molar-refractivity contribution < 1.29 is 9.47 Å². The summed E-state index contributed by atoms with van der Waals surface area (Å²) < 4.78 is 11.4. The number of nitrogens with one attached hydrogen (secondary N) is 1. The van der Waals surface area contributed by atoms with Crippen LogP contribution in [0, 0.1) is 5.92 Å². The quantitative estimate of drug-likeness (QED) is 0.704. The molecule has 0 saturated carbocycles. The fraction of sp³-hybridized carbons (Fsp3) is 0.333. The van der Waals surface area contributed by atoms with Crippen molar-refractivity contribution in [3.05, 3.63) is 53.6 Å². The topological polar surface area (TPSA) is 30.5 Å². The Morgan fingerprint density at radius 3 is 2.64 bits per heavy atom. The molecular weight excluding hydrogens is 298 g/mol.